The lowest BCUT2D eigenvalue weighted by atomic mass is 10.1. The molecule has 0 spiro atoms. The molecule has 0 aromatic heterocycles. The molecule has 86 valence electrons. The fourth-order valence-corrected chi connectivity index (χ4v) is 1.83. The molecule has 1 aromatic carbocycles. The molecule has 0 bridgehead atoms. The van der Waals surface area contributed by atoms with Gasteiger partial charge in [0.15, 0.2) is 6.29 Å². The van der Waals surface area contributed by atoms with E-state index in [1.807, 2.05) is 18.2 Å². The van der Waals surface area contributed by atoms with Gasteiger partial charge in [-0.1, -0.05) is 18.2 Å². The van der Waals surface area contributed by atoms with Crippen molar-refractivity contribution >= 4 is 0 Å². The SMILES string of the molecule is C=CCc1ccc(O[C@H]2CCCCO2)cc1. The second-order valence-electron chi connectivity index (χ2n) is 4.05. The molecule has 0 saturated carbocycles. The lowest BCUT2D eigenvalue weighted by Crippen LogP contribution is -2.24. The van der Waals surface area contributed by atoms with E-state index in [4.69, 9.17) is 9.47 Å². The van der Waals surface area contributed by atoms with Crippen LogP contribution in [0.2, 0.25) is 0 Å². The zero-order chi connectivity index (χ0) is 11.2. The van der Waals surface area contributed by atoms with Crippen molar-refractivity contribution in [1.29, 1.82) is 0 Å². The van der Waals surface area contributed by atoms with Crippen LogP contribution in [0, 0.1) is 0 Å². The molecule has 1 heterocycles. The van der Waals surface area contributed by atoms with E-state index >= 15 is 0 Å². The van der Waals surface area contributed by atoms with Crippen LogP contribution in [-0.4, -0.2) is 12.9 Å². The fraction of sp³-hybridized carbons (Fsp3) is 0.429. The highest BCUT2D eigenvalue weighted by Gasteiger charge is 2.14. The molecule has 2 heteroatoms. The summed E-state index contributed by atoms with van der Waals surface area (Å²) in [7, 11) is 0. The second-order valence-corrected chi connectivity index (χ2v) is 4.05. The van der Waals surface area contributed by atoms with Gasteiger partial charge in [-0.15, -0.1) is 6.58 Å². The summed E-state index contributed by atoms with van der Waals surface area (Å²) in [6.45, 7) is 4.54. The first kappa shape index (κ1) is 11.2. The molecule has 1 aliphatic rings. The molecule has 0 N–H and O–H groups in total. The third-order valence-corrected chi connectivity index (χ3v) is 2.71. The Morgan fingerprint density at radius 1 is 1.31 bits per heavy atom. The average Bonchev–Trinajstić information content (AvgIpc) is 2.33. The number of allylic oxidation sites excluding steroid dienone is 1. The predicted octanol–water partition coefficient (Wildman–Crippen LogP) is 3.32. The molecule has 1 saturated heterocycles. The van der Waals surface area contributed by atoms with Gasteiger partial charge in [0.05, 0.1) is 6.61 Å². The highest BCUT2D eigenvalue weighted by atomic mass is 16.7. The Morgan fingerprint density at radius 3 is 2.75 bits per heavy atom. The Kier molecular flexibility index (Phi) is 4.00. The van der Waals surface area contributed by atoms with Gasteiger partial charge in [-0.2, -0.15) is 0 Å². The van der Waals surface area contributed by atoms with E-state index in [1.165, 1.54) is 12.0 Å². The number of benzene rings is 1. The first-order valence-corrected chi connectivity index (χ1v) is 5.86. The van der Waals surface area contributed by atoms with Crippen molar-refractivity contribution in [3.8, 4) is 5.75 Å². The van der Waals surface area contributed by atoms with Crippen LogP contribution in [0.15, 0.2) is 36.9 Å². The van der Waals surface area contributed by atoms with Gasteiger partial charge in [0, 0.05) is 6.42 Å². The van der Waals surface area contributed by atoms with E-state index in [1.54, 1.807) is 0 Å². The van der Waals surface area contributed by atoms with E-state index < -0.39 is 0 Å². The van der Waals surface area contributed by atoms with Crippen molar-refractivity contribution in [2.75, 3.05) is 6.61 Å². The van der Waals surface area contributed by atoms with Crippen molar-refractivity contribution in [2.24, 2.45) is 0 Å². The van der Waals surface area contributed by atoms with Crippen molar-refractivity contribution in [1.82, 2.24) is 0 Å². The van der Waals surface area contributed by atoms with Gasteiger partial charge in [0.1, 0.15) is 5.75 Å². The molecule has 2 nitrogen and oxygen atoms in total. The van der Waals surface area contributed by atoms with Gasteiger partial charge in [0.25, 0.3) is 0 Å². The Bertz CT molecular complexity index is 323. The van der Waals surface area contributed by atoms with Gasteiger partial charge in [0.2, 0.25) is 0 Å². The topological polar surface area (TPSA) is 18.5 Å². The maximum Gasteiger partial charge on any atom is 0.199 e. The molecule has 2 rings (SSSR count). The van der Waals surface area contributed by atoms with Crippen LogP contribution in [0.4, 0.5) is 0 Å². The Labute approximate surface area is 96.9 Å². The summed E-state index contributed by atoms with van der Waals surface area (Å²) in [6.07, 6.45) is 6.09. The molecule has 1 aromatic rings. The van der Waals surface area contributed by atoms with Crippen molar-refractivity contribution < 1.29 is 9.47 Å². The molecule has 0 amide bonds. The van der Waals surface area contributed by atoms with Gasteiger partial charge in [-0.25, -0.2) is 0 Å². The van der Waals surface area contributed by atoms with Gasteiger partial charge in [-0.3, -0.25) is 0 Å². The van der Waals surface area contributed by atoms with E-state index in [0.29, 0.717) is 0 Å². The van der Waals surface area contributed by atoms with E-state index in [2.05, 4.69) is 18.7 Å². The summed E-state index contributed by atoms with van der Waals surface area (Å²) >= 11 is 0. The highest BCUT2D eigenvalue weighted by Crippen LogP contribution is 2.19. The molecule has 0 radical (unpaired) electrons. The first-order valence-electron chi connectivity index (χ1n) is 5.86. The normalized spacial score (nSPS) is 20.4. The van der Waals surface area contributed by atoms with E-state index in [-0.39, 0.29) is 6.29 Å². The summed E-state index contributed by atoms with van der Waals surface area (Å²) in [5, 5.41) is 0. The van der Waals surface area contributed by atoms with Crippen LogP contribution in [0.1, 0.15) is 24.8 Å². The summed E-state index contributed by atoms with van der Waals surface area (Å²) in [4.78, 5) is 0. The number of rotatable bonds is 4. The molecule has 1 aliphatic heterocycles. The lowest BCUT2D eigenvalue weighted by Gasteiger charge is -2.23. The lowest BCUT2D eigenvalue weighted by molar-refractivity contribution is -0.105. The number of hydrogen-bond donors (Lipinski definition) is 0. The van der Waals surface area contributed by atoms with Gasteiger partial charge < -0.3 is 9.47 Å². The Morgan fingerprint density at radius 2 is 2.12 bits per heavy atom. The van der Waals surface area contributed by atoms with Crippen LogP contribution in [0.3, 0.4) is 0 Å². The van der Waals surface area contributed by atoms with Gasteiger partial charge in [-0.05, 0) is 37.0 Å². The van der Waals surface area contributed by atoms with Crippen molar-refractivity contribution in [3.63, 3.8) is 0 Å². The zero-order valence-electron chi connectivity index (χ0n) is 9.52. The van der Waals surface area contributed by atoms with Crippen molar-refractivity contribution in [2.45, 2.75) is 32.0 Å². The molecule has 1 fully saturated rings. The summed E-state index contributed by atoms with van der Waals surface area (Å²) in [6, 6.07) is 8.13. The molecule has 0 aliphatic carbocycles. The van der Waals surface area contributed by atoms with Crippen LogP contribution in [0.25, 0.3) is 0 Å². The average molecular weight is 218 g/mol. The van der Waals surface area contributed by atoms with Crippen LogP contribution < -0.4 is 4.74 Å². The fourth-order valence-electron chi connectivity index (χ4n) is 1.83. The summed E-state index contributed by atoms with van der Waals surface area (Å²) in [5.74, 6) is 0.889. The van der Waals surface area contributed by atoms with Crippen LogP contribution >= 0.6 is 0 Å². The largest absolute Gasteiger partial charge is 0.465 e. The van der Waals surface area contributed by atoms with Crippen LogP contribution in [0.5, 0.6) is 5.75 Å². The van der Waals surface area contributed by atoms with Crippen LogP contribution in [-0.2, 0) is 11.2 Å². The molecule has 1 atom stereocenters. The molecule has 0 unspecified atom stereocenters. The minimum atomic E-state index is -0.0565. The highest BCUT2D eigenvalue weighted by molar-refractivity contribution is 5.28. The minimum absolute atomic E-state index is 0.0565. The second kappa shape index (κ2) is 5.71. The summed E-state index contributed by atoms with van der Waals surface area (Å²) in [5.41, 5.74) is 1.26. The van der Waals surface area contributed by atoms with E-state index in [9.17, 15) is 0 Å². The standard InChI is InChI=1S/C14H18O2/c1-2-5-12-7-9-13(10-8-12)16-14-6-3-4-11-15-14/h2,7-10,14H,1,3-6,11H2/t14-/m0/s1. The maximum atomic E-state index is 5.74. The smallest absolute Gasteiger partial charge is 0.199 e. The number of ether oxygens (including phenoxy) is 2. The predicted molar refractivity (Wildman–Crippen MR) is 64.6 cm³/mol. The first-order chi connectivity index (χ1) is 7.88. The third-order valence-electron chi connectivity index (χ3n) is 2.71. The van der Waals surface area contributed by atoms with E-state index in [0.717, 1.165) is 31.6 Å². The monoisotopic (exact) mass is 218 g/mol. The van der Waals surface area contributed by atoms with Gasteiger partial charge >= 0.3 is 0 Å². The summed E-state index contributed by atoms with van der Waals surface area (Å²) < 4.78 is 11.3. The maximum absolute atomic E-state index is 5.74. The minimum Gasteiger partial charge on any atom is -0.465 e. The Balaban J connectivity index is 1.90. The molecular formula is C14H18O2. The third kappa shape index (κ3) is 3.11. The number of hydrogen-bond acceptors (Lipinski definition) is 2. The molecule has 16 heavy (non-hydrogen) atoms. The zero-order valence-corrected chi connectivity index (χ0v) is 9.52. The Hall–Kier alpha value is -1.28. The quantitative estimate of drug-likeness (QED) is 0.722. The molecular weight excluding hydrogens is 200 g/mol. The van der Waals surface area contributed by atoms with Crippen molar-refractivity contribution in [3.05, 3.63) is 42.5 Å².